The second-order valence-electron chi connectivity index (χ2n) is 33.2. The van der Waals surface area contributed by atoms with Gasteiger partial charge in [-0.25, -0.2) is 0 Å². The van der Waals surface area contributed by atoms with Gasteiger partial charge in [0, 0.05) is 0 Å². The highest BCUT2D eigenvalue weighted by molar-refractivity contribution is 6.27. The fourth-order valence-corrected chi connectivity index (χ4v) is 19.8. The first-order valence-electron chi connectivity index (χ1n) is 43.6. The molecule has 0 heteroatoms. The number of hydrogen-bond donors (Lipinski definition) is 0. The Bertz CT molecular complexity index is 8550. The van der Waals surface area contributed by atoms with Crippen molar-refractivity contribution < 1.29 is 0 Å². The number of rotatable bonds is 10. The molecule has 0 aliphatic carbocycles. The molecule has 0 bridgehead atoms. The third-order valence-electron chi connectivity index (χ3n) is 25.9. The molecule has 0 saturated heterocycles. The minimum Gasteiger partial charge on any atom is -0.0622 e. The van der Waals surface area contributed by atoms with Crippen LogP contribution in [0.15, 0.2) is 497 Å². The van der Waals surface area contributed by atoms with Gasteiger partial charge in [-0.15, -0.1) is 0 Å². The van der Waals surface area contributed by atoms with Crippen LogP contribution in [0.1, 0.15) is 0 Å². The van der Waals surface area contributed by atoms with Gasteiger partial charge in [0.05, 0.1) is 0 Å². The Morgan fingerprint density at radius 3 is 0.635 bits per heavy atom. The number of hydrogen-bond acceptors (Lipinski definition) is 0. The van der Waals surface area contributed by atoms with E-state index in [1.807, 2.05) is 0 Å². The van der Waals surface area contributed by atoms with E-state index >= 15 is 0 Å². The van der Waals surface area contributed by atoms with Crippen molar-refractivity contribution in [3.8, 4) is 111 Å². The maximum atomic E-state index is 2.42. The van der Waals surface area contributed by atoms with Crippen molar-refractivity contribution in [2.45, 2.75) is 0 Å². The highest BCUT2D eigenvalue weighted by Crippen LogP contribution is 2.51. The van der Waals surface area contributed by atoms with E-state index in [0.717, 1.165) is 0 Å². The lowest BCUT2D eigenvalue weighted by Crippen LogP contribution is -1.92. The predicted octanol–water partition coefficient (Wildman–Crippen LogP) is 35.6. The molecular weight excluding hydrogens is 1510 g/mol. The fourth-order valence-electron chi connectivity index (χ4n) is 19.8. The Morgan fingerprint density at radius 2 is 0.278 bits per heavy atom. The summed E-state index contributed by atoms with van der Waals surface area (Å²) in [7, 11) is 0. The molecule has 25 rings (SSSR count). The Morgan fingerprint density at radius 1 is 0.0794 bits per heavy atom. The van der Waals surface area contributed by atoms with Crippen LogP contribution in [0.2, 0.25) is 0 Å². The summed E-state index contributed by atoms with van der Waals surface area (Å²) in [5.74, 6) is 0. The van der Waals surface area contributed by atoms with Crippen molar-refractivity contribution >= 4 is 129 Å². The van der Waals surface area contributed by atoms with Crippen LogP contribution in [0, 0.1) is 0 Å². The van der Waals surface area contributed by atoms with Crippen LogP contribution in [0.25, 0.3) is 241 Å². The molecule has 0 spiro atoms. The van der Waals surface area contributed by atoms with E-state index in [2.05, 4.69) is 497 Å². The Kier molecular flexibility index (Phi) is 19.1. The van der Waals surface area contributed by atoms with Crippen LogP contribution >= 0.6 is 0 Å². The molecule has 586 valence electrons. The van der Waals surface area contributed by atoms with E-state index in [0.29, 0.717) is 0 Å². The minimum absolute atomic E-state index is 1.21. The molecule has 0 aliphatic rings. The van der Waals surface area contributed by atoms with Crippen molar-refractivity contribution in [2.75, 3.05) is 0 Å². The second-order valence-corrected chi connectivity index (χ2v) is 33.2. The molecule has 0 unspecified atom stereocenters. The summed E-state index contributed by atoms with van der Waals surface area (Å²) < 4.78 is 0. The lowest BCUT2D eigenvalue weighted by atomic mass is 9.83. The van der Waals surface area contributed by atoms with E-state index in [1.165, 1.54) is 241 Å². The zero-order valence-corrected chi connectivity index (χ0v) is 69.3. The molecular formula is C126H82. The van der Waals surface area contributed by atoms with Crippen LogP contribution in [-0.2, 0) is 0 Å². The monoisotopic (exact) mass is 1590 g/mol. The zero-order chi connectivity index (χ0) is 83.4. The van der Waals surface area contributed by atoms with Crippen LogP contribution in [0.3, 0.4) is 0 Å². The Labute approximate surface area is 732 Å². The van der Waals surface area contributed by atoms with Crippen LogP contribution in [-0.4, -0.2) is 0 Å². The minimum atomic E-state index is 1.21. The fraction of sp³-hybridized carbons (Fsp3) is 0. The van der Waals surface area contributed by atoms with Crippen molar-refractivity contribution in [3.63, 3.8) is 0 Å². The maximum Gasteiger partial charge on any atom is -0.00199 e. The van der Waals surface area contributed by atoms with Gasteiger partial charge in [0.2, 0.25) is 0 Å². The van der Waals surface area contributed by atoms with Crippen molar-refractivity contribution in [1.29, 1.82) is 0 Å². The molecule has 0 fully saturated rings. The molecule has 0 amide bonds. The summed E-state index contributed by atoms with van der Waals surface area (Å²) >= 11 is 0. The van der Waals surface area contributed by atoms with Crippen molar-refractivity contribution in [2.24, 2.45) is 0 Å². The summed E-state index contributed by atoms with van der Waals surface area (Å²) in [6.07, 6.45) is 0. The largest absolute Gasteiger partial charge is 0.0622 e. The zero-order valence-electron chi connectivity index (χ0n) is 69.3. The topological polar surface area (TPSA) is 0 Å². The quantitative estimate of drug-likeness (QED) is 0.120. The SMILES string of the molecule is c1ccc(-c2c3ccccc3c(-c3cccc4ccccc34)c3cc(-c4ccc5ccccc5c4)ccc23)cc1.c1ccc(-c2ccc3c(-c4ccccc4)c4ccccc4c(-c4ccc5ccccc5c4)c3c2)cc1.c1ccc2cc(-c3ccc(-c4ccc5c(-c6ccc7ccccc7c6)c6ccccc6c(-c6ccc7ccccc7c6)c5c4)cc3)ccc2c1. The van der Waals surface area contributed by atoms with E-state index < -0.39 is 0 Å². The molecule has 25 aromatic rings. The molecule has 0 atom stereocenters. The van der Waals surface area contributed by atoms with Crippen molar-refractivity contribution in [3.05, 3.63) is 497 Å². The molecule has 0 heterocycles. The van der Waals surface area contributed by atoms with Gasteiger partial charge in [0.25, 0.3) is 0 Å². The number of benzene rings is 25. The third kappa shape index (κ3) is 13.7. The molecule has 0 aromatic heterocycles. The van der Waals surface area contributed by atoms with Gasteiger partial charge in [-0.2, -0.15) is 0 Å². The van der Waals surface area contributed by atoms with Gasteiger partial charge >= 0.3 is 0 Å². The predicted molar refractivity (Wildman–Crippen MR) is 544 cm³/mol. The molecule has 0 nitrogen and oxygen atoms in total. The highest BCUT2D eigenvalue weighted by atomic mass is 14.3. The lowest BCUT2D eigenvalue weighted by molar-refractivity contribution is 1.61. The first-order valence-corrected chi connectivity index (χ1v) is 43.6. The summed E-state index contributed by atoms with van der Waals surface area (Å²) in [5, 5.41) is 30.4. The normalized spacial score (nSPS) is 11.5. The molecule has 25 aromatic carbocycles. The van der Waals surface area contributed by atoms with E-state index in [9.17, 15) is 0 Å². The van der Waals surface area contributed by atoms with Gasteiger partial charge in [-0.1, -0.05) is 449 Å². The first kappa shape index (κ1) is 74.7. The summed E-state index contributed by atoms with van der Waals surface area (Å²) in [5.41, 5.74) is 25.0. The van der Waals surface area contributed by atoms with E-state index in [4.69, 9.17) is 0 Å². The average Bonchev–Trinajstić information content (AvgIpc) is 0.733. The van der Waals surface area contributed by atoms with Gasteiger partial charge in [0.1, 0.15) is 0 Å². The lowest BCUT2D eigenvalue weighted by Gasteiger charge is -2.19. The third-order valence-corrected chi connectivity index (χ3v) is 25.9. The van der Waals surface area contributed by atoms with Gasteiger partial charge in [-0.3, -0.25) is 0 Å². The van der Waals surface area contributed by atoms with Gasteiger partial charge < -0.3 is 0 Å². The summed E-state index contributed by atoms with van der Waals surface area (Å²) in [4.78, 5) is 0. The van der Waals surface area contributed by atoms with Crippen molar-refractivity contribution in [1.82, 2.24) is 0 Å². The Balaban J connectivity index is 0.000000110. The smallest absolute Gasteiger partial charge is 0.00199 e. The summed E-state index contributed by atoms with van der Waals surface area (Å²) in [6, 6.07) is 182. The molecule has 0 saturated carbocycles. The van der Waals surface area contributed by atoms with E-state index in [-0.39, 0.29) is 0 Å². The van der Waals surface area contributed by atoms with Gasteiger partial charge in [0.15, 0.2) is 0 Å². The number of fused-ring (bicyclic) bond motifs is 12. The Hall–Kier alpha value is -16.4. The summed E-state index contributed by atoms with van der Waals surface area (Å²) in [6.45, 7) is 0. The van der Waals surface area contributed by atoms with E-state index in [1.54, 1.807) is 0 Å². The molecule has 126 heavy (non-hydrogen) atoms. The first-order chi connectivity index (χ1) is 62.5. The van der Waals surface area contributed by atoms with Crippen LogP contribution < -0.4 is 0 Å². The van der Waals surface area contributed by atoms with Crippen LogP contribution in [0.5, 0.6) is 0 Å². The molecule has 0 aliphatic heterocycles. The standard InChI is InChI=1S/C50H32.C40H26.C36H24/c1-4-12-38-29-41(24-21-33(38)9-1)36-17-19-37(20-18-36)42-27-28-47-48(32-42)50(44-26-23-35-11-3-6-14-40(35)31-44)46-16-8-7-15-45(46)49(47)43-25-22-34-10-2-5-13-39(34)30-43;1-2-13-29(14-3-1)39-35-18-8-9-19-36(35)40(34-20-10-16-28-12-6-7-17-33(28)34)38-26-32(23-24-37(38)39)31-22-21-27-11-4-5-15-30(27)25-31;1-3-11-25(12-4-1)29-21-22-33-34(24-29)36(30-20-19-26-13-7-8-16-28(26)23-30)32-18-10-9-17-31(32)35(33)27-14-5-2-6-15-27/h1-32H;1-26H;1-24H. The molecule has 0 N–H and O–H groups in total. The maximum absolute atomic E-state index is 2.42. The highest BCUT2D eigenvalue weighted by Gasteiger charge is 2.24. The second kappa shape index (κ2) is 32.2. The average molecular weight is 1600 g/mol. The molecule has 0 radical (unpaired) electrons. The van der Waals surface area contributed by atoms with Gasteiger partial charge in [-0.05, 0) is 289 Å². The van der Waals surface area contributed by atoms with Crippen LogP contribution in [0.4, 0.5) is 0 Å².